The molecule has 0 aliphatic carbocycles. The van der Waals surface area contributed by atoms with E-state index in [1.165, 1.54) is 30.4 Å². The largest absolute Gasteiger partial charge is 0.461 e. The normalized spacial score (nSPS) is 17.2. The Morgan fingerprint density at radius 1 is 1.09 bits per heavy atom. The summed E-state index contributed by atoms with van der Waals surface area (Å²) in [6.07, 6.45) is 4.72. The summed E-state index contributed by atoms with van der Waals surface area (Å²) in [5, 5.41) is 7.42. The third-order valence-electron chi connectivity index (χ3n) is 5.53. The van der Waals surface area contributed by atoms with Crippen LogP contribution < -0.4 is 10.6 Å². The first kappa shape index (κ1) is 24.1. The van der Waals surface area contributed by atoms with Gasteiger partial charge in [0.1, 0.15) is 5.82 Å². The van der Waals surface area contributed by atoms with Crippen LogP contribution in [-0.4, -0.2) is 38.7 Å². The van der Waals surface area contributed by atoms with Crippen molar-refractivity contribution < 1.29 is 22.0 Å². The van der Waals surface area contributed by atoms with Crippen molar-refractivity contribution in [3.63, 3.8) is 0 Å². The Bertz CT molecular complexity index is 1220. The molecule has 4 aromatic rings. The van der Waals surface area contributed by atoms with Gasteiger partial charge in [0.05, 0.1) is 12.5 Å². The lowest BCUT2D eigenvalue weighted by Gasteiger charge is -2.23. The molecule has 176 valence electrons. The second kappa shape index (κ2) is 10.9. The highest BCUT2D eigenvalue weighted by atomic mass is 32.2. The molecule has 2 aromatic carbocycles. The van der Waals surface area contributed by atoms with Crippen molar-refractivity contribution >= 4 is 45.5 Å². The molecule has 2 unspecified atom stereocenters. The fourth-order valence-electron chi connectivity index (χ4n) is 3.86. The van der Waals surface area contributed by atoms with Gasteiger partial charge in [-0.25, -0.2) is 13.2 Å². The first-order chi connectivity index (χ1) is 16.0. The lowest BCUT2D eigenvalue weighted by molar-refractivity contribution is 0.526. The molecule has 0 amide bonds. The Morgan fingerprint density at radius 2 is 1.82 bits per heavy atom. The van der Waals surface area contributed by atoms with Gasteiger partial charge in [0.2, 0.25) is 0 Å². The van der Waals surface area contributed by atoms with Gasteiger partial charge in [-0.05, 0) is 31.5 Å². The van der Waals surface area contributed by atoms with Crippen molar-refractivity contribution in [3.8, 4) is 0 Å². The van der Waals surface area contributed by atoms with Crippen LogP contribution in [-0.2, 0) is 0 Å². The zero-order valence-corrected chi connectivity index (χ0v) is 19.9. The number of thioether (sulfide) groups is 2. The van der Waals surface area contributed by atoms with E-state index in [1.54, 1.807) is 30.9 Å². The molecular formula is C24H25F3N2O2S2. The quantitative estimate of drug-likeness (QED) is 0.340. The van der Waals surface area contributed by atoms with Gasteiger partial charge in [-0.2, -0.15) is 23.5 Å². The predicted octanol–water partition coefficient (Wildman–Crippen LogP) is 6.28. The molecule has 0 radical (unpaired) electrons. The number of fused-ring (bicyclic) bond motifs is 2. The molecule has 4 nitrogen and oxygen atoms in total. The van der Waals surface area contributed by atoms with Gasteiger partial charge in [0.25, 0.3) is 0 Å². The number of halogens is 3. The lowest BCUT2D eigenvalue weighted by Crippen LogP contribution is -2.28. The van der Waals surface area contributed by atoms with Crippen LogP contribution in [0.2, 0.25) is 0 Å². The first-order valence-corrected chi connectivity index (χ1v) is 12.9. The van der Waals surface area contributed by atoms with Gasteiger partial charge < -0.3 is 19.5 Å². The van der Waals surface area contributed by atoms with Crippen LogP contribution in [0.1, 0.15) is 21.6 Å². The Kier molecular flexibility index (Phi) is 7.95. The number of furan rings is 2. The van der Waals surface area contributed by atoms with Crippen molar-refractivity contribution in [1.29, 1.82) is 0 Å². The van der Waals surface area contributed by atoms with Gasteiger partial charge in [0, 0.05) is 57.8 Å². The molecule has 1 saturated heterocycles. The van der Waals surface area contributed by atoms with Gasteiger partial charge >= 0.3 is 0 Å². The van der Waals surface area contributed by atoms with E-state index in [4.69, 9.17) is 8.83 Å². The maximum absolute atomic E-state index is 14.2. The third-order valence-corrected chi connectivity index (χ3v) is 7.77. The summed E-state index contributed by atoms with van der Waals surface area (Å²) < 4.78 is 52.4. The molecule has 2 aromatic heterocycles. The second-order valence-electron chi connectivity index (χ2n) is 7.58. The minimum absolute atomic E-state index is 0.0781. The van der Waals surface area contributed by atoms with Crippen molar-refractivity contribution in [3.05, 3.63) is 71.4 Å². The van der Waals surface area contributed by atoms with E-state index in [1.807, 2.05) is 18.4 Å². The minimum Gasteiger partial charge on any atom is -0.461 e. The summed E-state index contributed by atoms with van der Waals surface area (Å²) in [4.78, 5) is 0. The lowest BCUT2D eigenvalue weighted by atomic mass is 10.1. The molecule has 0 saturated carbocycles. The maximum atomic E-state index is 14.2. The highest BCUT2D eigenvalue weighted by Crippen LogP contribution is 2.35. The molecule has 2 atom stereocenters. The molecule has 2 N–H and O–H groups in total. The SMILES string of the molecule is CNCC(SC)c1c(F)cc2ccoc2c1F.Fc1c(C2CNCCS2)ccc2ccoc12. The Balaban J connectivity index is 0.000000157. The Hall–Kier alpha value is -2.07. The minimum atomic E-state index is -0.598. The summed E-state index contributed by atoms with van der Waals surface area (Å²) in [5.74, 6) is -0.297. The summed E-state index contributed by atoms with van der Waals surface area (Å²) >= 11 is 3.20. The molecule has 1 fully saturated rings. The number of rotatable bonds is 5. The molecule has 3 heterocycles. The van der Waals surface area contributed by atoms with Gasteiger partial charge in [0.15, 0.2) is 22.8 Å². The molecule has 0 spiro atoms. The zero-order valence-electron chi connectivity index (χ0n) is 18.3. The van der Waals surface area contributed by atoms with E-state index in [-0.39, 0.29) is 27.5 Å². The van der Waals surface area contributed by atoms with Crippen LogP contribution in [0.3, 0.4) is 0 Å². The first-order valence-electron chi connectivity index (χ1n) is 10.6. The van der Waals surface area contributed by atoms with Gasteiger partial charge in [-0.3, -0.25) is 0 Å². The van der Waals surface area contributed by atoms with Gasteiger partial charge in [-0.1, -0.05) is 12.1 Å². The van der Waals surface area contributed by atoms with E-state index in [2.05, 4.69) is 10.6 Å². The molecule has 1 aliphatic rings. The summed E-state index contributed by atoms with van der Waals surface area (Å²) in [6.45, 7) is 2.33. The number of hydrogen-bond acceptors (Lipinski definition) is 6. The smallest absolute Gasteiger partial charge is 0.173 e. The van der Waals surface area contributed by atoms with Crippen LogP contribution in [0.25, 0.3) is 21.9 Å². The Morgan fingerprint density at radius 3 is 2.48 bits per heavy atom. The van der Waals surface area contributed by atoms with E-state index < -0.39 is 11.6 Å². The highest BCUT2D eigenvalue weighted by Gasteiger charge is 2.23. The van der Waals surface area contributed by atoms with Crippen molar-refractivity contribution in [2.45, 2.75) is 10.5 Å². The monoisotopic (exact) mass is 494 g/mol. The average Bonchev–Trinajstić information content (AvgIpc) is 3.50. The zero-order chi connectivity index (χ0) is 23.4. The summed E-state index contributed by atoms with van der Waals surface area (Å²) in [6, 6.07) is 8.45. The fraction of sp³-hybridized carbons (Fsp3) is 0.333. The highest BCUT2D eigenvalue weighted by molar-refractivity contribution is 7.99. The average molecular weight is 495 g/mol. The second-order valence-corrected chi connectivity index (χ2v) is 9.93. The van der Waals surface area contributed by atoms with Crippen LogP contribution in [0, 0.1) is 17.5 Å². The molecule has 0 bridgehead atoms. The van der Waals surface area contributed by atoms with Crippen molar-refractivity contribution in [2.24, 2.45) is 0 Å². The number of likely N-dealkylation sites (N-methyl/N-ethyl adjacent to an activating group) is 1. The number of benzene rings is 2. The van der Waals surface area contributed by atoms with Crippen LogP contribution in [0.15, 0.2) is 51.7 Å². The fourth-order valence-corrected chi connectivity index (χ4v) is 5.79. The maximum Gasteiger partial charge on any atom is 0.173 e. The summed E-state index contributed by atoms with van der Waals surface area (Å²) in [5.41, 5.74) is 1.33. The van der Waals surface area contributed by atoms with E-state index in [0.717, 1.165) is 29.8 Å². The molecule has 1 aliphatic heterocycles. The molecular weight excluding hydrogens is 469 g/mol. The van der Waals surface area contributed by atoms with Gasteiger partial charge in [-0.15, -0.1) is 0 Å². The van der Waals surface area contributed by atoms with E-state index >= 15 is 0 Å². The Labute approximate surface area is 198 Å². The molecule has 5 rings (SSSR count). The topological polar surface area (TPSA) is 50.3 Å². The summed E-state index contributed by atoms with van der Waals surface area (Å²) in [7, 11) is 1.75. The van der Waals surface area contributed by atoms with Crippen LogP contribution in [0.5, 0.6) is 0 Å². The standard InChI is InChI=1S/C12H13F2NOS.C12H12FNOS/c1-15-6-9(17-2)10-8(13)5-7-3-4-16-12(7)11(10)14;13-11-9(10-7-14-4-6-16-10)2-1-8-3-5-15-12(8)11/h3-5,9,15H,6H2,1-2H3;1-3,5,10,14H,4,6-7H2. The number of nitrogens with one attached hydrogen (secondary N) is 2. The number of hydrogen-bond donors (Lipinski definition) is 2. The van der Waals surface area contributed by atoms with Crippen molar-refractivity contribution in [1.82, 2.24) is 10.6 Å². The third kappa shape index (κ3) is 5.06. The molecule has 33 heavy (non-hydrogen) atoms. The molecule has 9 heteroatoms. The van der Waals surface area contributed by atoms with E-state index in [9.17, 15) is 13.2 Å². The van der Waals surface area contributed by atoms with E-state index in [0.29, 0.717) is 17.5 Å². The predicted molar refractivity (Wildman–Crippen MR) is 131 cm³/mol. The van der Waals surface area contributed by atoms with Crippen molar-refractivity contribution in [2.75, 3.05) is 38.7 Å². The van der Waals surface area contributed by atoms with Crippen LogP contribution >= 0.6 is 23.5 Å². The van der Waals surface area contributed by atoms with Crippen LogP contribution in [0.4, 0.5) is 13.2 Å².